The van der Waals surface area contributed by atoms with Crippen LogP contribution in [-0.4, -0.2) is 28.2 Å². The average molecular weight is 280 g/mol. The van der Waals surface area contributed by atoms with Gasteiger partial charge in [-0.15, -0.1) is 0 Å². The maximum absolute atomic E-state index is 10.8. The molecule has 0 bridgehead atoms. The molecule has 2 N–H and O–H groups in total. The summed E-state index contributed by atoms with van der Waals surface area (Å²) >= 11 is 5.98. The van der Waals surface area contributed by atoms with Crippen LogP contribution in [0.2, 0.25) is 5.02 Å². The molecular formula is C12H10ClN3O3. The highest BCUT2D eigenvalue weighted by Gasteiger charge is 2.08. The number of hydrogen-bond acceptors (Lipinski definition) is 5. The number of halogens is 1. The molecule has 0 aliphatic heterocycles. The Labute approximate surface area is 114 Å². The molecule has 2 rings (SSSR count). The molecule has 1 heterocycles. The van der Waals surface area contributed by atoms with Crippen molar-refractivity contribution in [3.63, 3.8) is 0 Å². The lowest BCUT2D eigenvalue weighted by atomic mass is 10.2. The summed E-state index contributed by atoms with van der Waals surface area (Å²) in [7, 11) is 1.50. The monoisotopic (exact) mass is 279 g/mol. The fourth-order valence-corrected chi connectivity index (χ4v) is 1.61. The zero-order chi connectivity index (χ0) is 13.8. The van der Waals surface area contributed by atoms with Crippen molar-refractivity contribution in [1.29, 1.82) is 0 Å². The van der Waals surface area contributed by atoms with Crippen LogP contribution in [0.1, 0.15) is 10.4 Å². The largest absolute Gasteiger partial charge is 0.481 e. The number of hydrogen-bond donors (Lipinski definition) is 2. The molecule has 1 aromatic heterocycles. The SMILES string of the molecule is COc1ccnc(Nc2ccc(C(=O)O)cc2Cl)n1. The van der Waals surface area contributed by atoms with Crippen LogP contribution in [0.15, 0.2) is 30.5 Å². The van der Waals surface area contributed by atoms with Gasteiger partial charge in [0.1, 0.15) is 0 Å². The number of carboxylic acids is 1. The Kier molecular flexibility index (Phi) is 3.82. The zero-order valence-corrected chi connectivity index (χ0v) is 10.7. The van der Waals surface area contributed by atoms with Gasteiger partial charge in [-0.05, 0) is 18.2 Å². The second-order valence-corrected chi connectivity index (χ2v) is 3.95. The van der Waals surface area contributed by atoms with Gasteiger partial charge in [0.2, 0.25) is 11.8 Å². The number of nitrogens with zero attached hydrogens (tertiary/aromatic N) is 2. The summed E-state index contributed by atoms with van der Waals surface area (Å²) in [6, 6.07) is 5.96. The molecule has 0 atom stereocenters. The van der Waals surface area contributed by atoms with Crippen LogP contribution in [0.3, 0.4) is 0 Å². The summed E-state index contributed by atoms with van der Waals surface area (Å²) < 4.78 is 4.97. The summed E-state index contributed by atoms with van der Waals surface area (Å²) in [5, 5.41) is 12.0. The molecule has 0 saturated heterocycles. The van der Waals surface area contributed by atoms with Crippen LogP contribution in [0.25, 0.3) is 0 Å². The summed E-state index contributed by atoms with van der Waals surface area (Å²) in [5.74, 6) is -0.314. The first kappa shape index (κ1) is 13.1. The third kappa shape index (κ3) is 3.11. The first-order valence-electron chi connectivity index (χ1n) is 5.27. The third-order valence-corrected chi connectivity index (χ3v) is 2.61. The maximum atomic E-state index is 10.8. The second kappa shape index (κ2) is 5.53. The third-order valence-electron chi connectivity index (χ3n) is 2.30. The fourth-order valence-electron chi connectivity index (χ4n) is 1.39. The predicted octanol–water partition coefficient (Wildman–Crippen LogP) is 2.58. The van der Waals surface area contributed by atoms with Crippen molar-refractivity contribution in [3.8, 4) is 5.88 Å². The van der Waals surface area contributed by atoms with Gasteiger partial charge < -0.3 is 15.2 Å². The lowest BCUT2D eigenvalue weighted by molar-refractivity contribution is 0.0697. The molecular weight excluding hydrogens is 270 g/mol. The van der Waals surface area contributed by atoms with E-state index < -0.39 is 5.97 Å². The molecule has 1 aromatic carbocycles. The van der Waals surface area contributed by atoms with Gasteiger partial charge in [-0.2, -0.15) is 4.98 Å². The van der Waals surface area contributed by atoms with Crippen LogP contribution in [-0.2, 0) is 0 Å². The smallest absolute Gasteiger partial charge is 0.335 e. The van der Waals surface area contributed by atoms with E-state index in [1.54, 1.807) is 12.1 Å². The molecule has 0 aliphatic rings. The number of ether oxygens (including phenoxy) is 1. The lowest BCUT2D eigenvalue weighted by Crippen LogP contribution is -2.01. The van der Waals surface area contributed by atoms with Gasteiger partial charge in [0.15, 0.2) is 0 Å². The lowest BCUT2D eigenvalue weighted by Gasteiger charge is -2.08. The minimum absolute atomic E-state index is 0.113. The molecule has 0 spiro atoms. The maximum Gasteiger partial charge on any atom is 0.335 e. The van der Waals surface area contributed by atoms with Crippen LogP contribution >= 0.6 is 11.6 Å². The molecule has 0 aliphatic carbocycles. The number of aromatic nitrogens is 2. The molecule has 0 amide bonds. The Morgan fingerprint density at radius 1 is 1.42 bits per heavy atom. The van der Waals surface area contributed by atoms with E-state index in [1.807, 2.05) is 0 Å². The number of carbonyl (C=O) groups is 1. The van der Waals surface area contributed by atoms with E-state index >= 15 is 0 Å². The quantitative estimate of drug-likeness (QED) is 0.895. The van der Waals surface area contributed by atoms with Crippen molar-refractivity contribution in [3.05, 3.63) is 41.0 Å². The van der Waals surface area contributed by atoms with Gasteiger partial charge in [0.25, 0.3) is 0 Å². The van der Waals surface area contributed by atoms with E-state index in [4.69, 9.17) is 21.4 Å². The van der Waals surface area contributed by atoms with Crippen molar-refractivity contribution >= 4 is 29.2 Å². The Morgan fingerprint density at radius 3 is 2.84 bits per heavy atom. The van der Waals surface area contributed by atoms with E-state index in [2.05, 4.69) is 15.3 Å². The Bertz CT molecular complexity index is 619. The van der Waals surface area contributed by atoms with Gasteiger partial charge in [-0.25, -0.2) is 9.78 Å². The number of benzene rings is 1. The highest BCUT2D eigenvalue weighted by molar-refractivity contribution is 6.33. The minimum Gasteiger partial charge on any atom is -0.481 e. The normalized spacial score (nSPS) is 10.0. The molecule has 98 valence electrons. The summed E-state index contributed by atoms with van der Waals surface area (Å²) in [4.78, 5) is 18.9. The molecule has 0 unspecified atom stereocenters. The van der Waals surface area contributed by atoms with E-state index in [0.717, 1.165) is 0 Å². The van der Waals surface area contributed by atoms with E-state index in [-0.39, 0.29) is 10.6 Å². The van der Waals surface area contributed by atoms with Crippen molar-refractivity contribution < 1.29 is 14.6 Å². The number of nitrogens with one attached hydrogen (secondary N) is 1. The topological polar surface area (TPSA) is 84.3 Å². The summed E-state index contributed by atoms with van der Waals surface area (Å²) in [6.45, 7) is 0. The van der Waals surface area contributed by atoms with Crippen LogP contribution in [0.5, 0.6) is 5.88 Å². The minimum atomic E-state index is -1.04. The summed E-state index contributed by atoms with van der Waals surface area (Å²) in [6.07, 6.45) is 1.54. The number of rotatable bonds is 4. The predicted molar refractivity (Wildman–Crippen MR) is 70.3 cm³/mol. The number of methoxy groups -OCH3 is 1. The molecule has 7 heteroatoms. The molecule has 2 aromatic rings. The zero-order valence-electron chi connectivity index (χ0n) is 9.92. The van der Waals surface area contributed by atoms with Crippen molar-refractivity contribution in [2.45, 2.75) is 0 Å². The standard InChI is InChI=1S/C12H10ClN3O3/c1-19-10-4-5-14-12(16-10)15-9-3-2-7(11(17)18)6-8(9)13/h2-6H,1H3,(H,17,18)(H,14,15,16). The fraction of sp³-hybridized carbons (Fsp3) is 0.0833. The highest BCUT2D eigenvalue weighted by atomic mass is 35.5. The van der Waals surface area contributed by atoms with Gasteiger partial charge in [0.05, 0.1) is 23.4 Å². The Morgan fingerprint density at radius 2 is 2.21 bits per heavy atom. The highest BCUT2D eigenvalue weighted by Crippen LogP contribution is 2.25. The van der Waals surface area contributed by atoms with Gasteiger partial charge in [-0.3, -0.25) is 0 Å². The van der Waals surface area contributed by atoms with E-state index in [9.17, 15) is 4.79 Å². The Balaban J connectivity index is 2.25. The molecule has 0 fully saturated rings. The number of carboxylic acid groups (broad SMARTS) is 1. The number of aromatic carboxylic acids is 1. The first-order valence-corrected chi connectivity index (χ1v) is 5.65. The second-order valence-electron chi connectivity index (χ2n) is 3.55. The van der Waals surface area contributed by atoms with Crippen molar-refractivity contribution in [2.24, 2.45) is 0 Å². The summed E-state index contributed by atoms with van der Waals surface area (Å²) in [5.41, 5.74) is 0.627. The van der Waals surface area contributed by atoms with Crippen molar-refractivity contribution in [1.82, 2.24) is 9.97 Å². The van der Waals surface area contributed by atoms with E-state index in [0.29, 0.717) is 17.5 Å². The van der Waals surface area contributed by atoms with Crippen LogP contribution < -0.4 is 10.1 Å². The first-order chi connectivity index (χ1) is 9.10. The number of anilines is 2. The van der Waals surface area contributed by atoms with E-state index in [1.165, 1.54) is 25.4 Å². The molecule has 0 saturated carbocycles. The molecule has 6 nitrogen and oxygen atoms in total. The van der Waals surface area contributed by atoms with Gasteiger partial charge in [0, 0.05) is 12.3 Å². The average Bonchev–Trinajstić information content (AvgIpc) is 2.41. The van der Waals surface area contributed by atoms with Crippen molar-refractivity contribution in [2.75, 3.05) is 12.4 Å². The van der Waals surface area contributed by atoms with Crippen LogP contribution in [0, 0.1) is 0 Å². The molecule has 19 heavy (non-hydrogen) atoms. The Hall–Kier alpha value is -2.34. The van der Waals surface area contributed by atoms with Gasteiger partial charge >= 0.3 is 5.97 Å². The van der Waals surface area contributed by atoms with Gasteiger partial charge in [-0.1, -0.05) is 11.6 Å². The van der Waals surface area contributed by atoms with Crippen LogP contribution in [0.4, 0.5) is 11.6 Å². The molecule has 0 radical (unpaired) electrons.